The predicted molar refractivity (Wildman–Crippen MR) is 117 cm³/mol. The third kappa shape index (κ3) is 4.01. The molecule has 2 aromatic rings. The third-order valence-electron chi connectivity index (χ3n) is 6.76. The minimum atomic E-state index is -0.290. The minimum absolute atomic E-state index is 0.0143. The lowest BCUT2D eigenvalue weighted by Gasteiger charge is -2.58. The van der Waals surface area contributed by atoms with Crippen molar-refractivity contribution in [3.05, 3.63) is 71.0 Å². The van der Waals surface area contributed by atoms with E-state index in [1.165, 1.54) is 12.1 Å². The summed E-state index contributed by atoms with van der Waals surface area (Å²) in [7, 11) is 0. The molecule has 0 aromatic heterocycles. The van der Waals surface area contributed by atoms with E-state index in [1.54, 1.807) is 21.9 Å². The van der Waals surface area contributed by atoms with E-state index in [0.717, 1.165) is 29.5 Å². The Morgan fingerprint density at radius 1 is 1.03 bits per heavy atom. The standard InChI is InChI=1S/C26H25FN2O3/c27-21-11-7-18(8-12-21)2-1-17-5-9-20(10-6-17)26-22-14-28(24(31)13-19-3-4-19)15-25(32)29(22)23(26)16-30/h5-12,19,22-23,26,30H,3-4,13-16H2/t22-,23+,26+/m0/s1. The van der Waals surface area contributed by atoms with E-state index in [-0.39, 0.29) is 48.8 Å². The number of amides is 2. The Morgan fingerprint density at radius 3 is 2.25 bits per heavy atom. The Kier molecular flexibility index (Phi) is 5.44. The van der Waals surface area contributed by atoms with Gasteiger partial charge in [-0.1, -0.05) is 24.0 Å². The van der Waals surface area contributed by atoms with E-state index in [4.69, 9.17) is 0 Å². The van der Waals surface area contributed by atoms with Gasteiger partial charge < -0.3 is 14.9 Å². The van der Waals surface area contributed by atoms with Crippen LogP contribution in [0.5, 0.6) is 0 Å². The summed E-state index contributed by atoms with van der Waals surface area (Å²) in [5, 5.41) is 9.94. The van der Waals surface area contributed by atoms with E-state index >= 15 is 0 Å². The van der Waals surface area contributed by atoms with E-state index in [1.807, 2.05) is 24.3 Å². The van der Waals surface area contributed by atoms with Gasteiger partial charge in [0.2, 0.25) is 11.8 Å². The summed E-state index contributed by atoms with van der Waals surface area (Å²) in [6.07, 6.45) is 2.75. The first-order chi connectivity index (χ1) is 15.5. The Bertz CT molecular complexity index is 1080. The molecule has 2 amide bonds. The lowest BCUT2D eigenvalue weighted by molar-refractivity contribution is -0.167. The molecule has 1 saturated carbocycles. The number of benzene rings is 2. The Hall–Kier alpha value is -3.17. The molecule has 2 heterocycles. The van der Waals surface area contributed by atoms with Gasteiger partial charge in [-0.25, -0.2) is 4.39 Å². The van der Waals surface area contributed by atoms with Crippen LogP contribution in [0.25, 0.3) is 0 Å². The summed E-state index contributed by atoms with van der Waals surface area (Å²) in [6, 6.07) is 13.5. The second-order valence-electron chi connectivity index (χ2n) is 8.94. The molecule has 0 bridgehead atoms. The van der Waals surface area contributed by atoms with Crippen LogP contribution in [0.15, 0.2) is 48.5 Å². The first-order valence-corrected chi connectivity index (χ1v) is 11.1. The molecular formula is C26H25FN2O3. The molecule has 32 heavy (non-hydrogen) atoms. The van der Waals surface area contributed by atoms with Gasteiger partial charge in [0.25, 0.3) is 0 Å². The van der Waals surface area contributed by atoms with Crippen LogP contribution < -0.4 is 0 Å². The van der Waals surface area contributed by atoms with Crippen LogP contribution in [0, 0.1) is 23.6 Å². The highest BCUT2D eigenvalue weighted by atomic mass is 19.1. The Morgan fingerprint density at radius 2 is 1.66 bits per heavy atom. The first-order valence-electron chi connectivity index (χ1n) is 11.1. The predicted octanol–water partition coefficient (Wildman–Crippen LogP) is 2.52. The third-order valence-corrected chi connectivity index (χ3v) is 6.76. The van der Waals surface area contributed by atoms with E-state index in [0.29, 0.717) is 18.9 Å². The zero-order valence-electron chi connectivity index (χ0n) is 17.7. The number of halogens is 1. The largest absolute Gasteiger partial charge is 0.394 e. The highest BCUT2D eigenvalue weighted by Gasteiger charge is 2.54. The van der Waals surface area contributed by atoms with Gasteiger partial charge in [-0.15, -0.1) is 0 Å². The number of hydrogen-bond acceptors (Lipinski definition) is 3. The molecule has 164 valence electrons. The maximum Gasteiger partial charge on any atom is 0.242 e. The molecule has 0 spiro atoms. The molecule has 0 unspecified atom stereocenters. The number of aliphatic hydroxyl groups is 1. The van der Waals surface area contributed by atoms with Crippen molar-refractivity contribution in [1.29, 1.82) is 0 Å². The molecule has 1 N–H and O–H groups in total. The number of fused-ring (bicyclic) bond motifs is 1. The van der Waals surface area contributed by atoms with Gasteiger partial charge in [-0.05, 0) is 60.7 Å². The summed E-state index contributed by atoms with van der Waals surface area (Å²) in [6.45, 7) is 0.531. The van der Waals surface area contributed by atoms with Crippen molar-refractivity contribution in [2.24, 2.45) is 5.92 Å². The fraction of sp³-hybridized carbons (Fsp3) is 0.385. The van der Waals surface area contributed by atoms with Crippen molar-refractivity contribution < 1.29 is 19.1 Å². The molecule has 5 nitrogen and oxygen atoms in total. The molecule has 3 atom stereocenters. The second-order valence-corrected chi connectivity index (χ2v) is 8.94. The van der Waals surface area contributed by atoms with Crippen LogP contribution in [0.3, 0.4) is 0 Å². The van der Waals surface area contributed by atoms with Crippen molar-refractivity contribution in [2.45, 2.75) is 37.3 Å². The molecule has 2 aliphatic heterocycles. The number of rotatable bonds is 4. The normalized spacial score (nSPS) is 24.3. The van der Waals surface area contributed by atoms with Crippen LogP contribution in [0.2, 0.25) is 0 Å². The number of aliphatic hydroxyl groups excluding tert-OH is 1. The summed E-state index contributed by atoms with van der Waals surface area (Å²) in [5.41, 5.74) is 2.60. The van der Waals surface area contributed by atoms with E-state index in [2.05, 4.69) is 11.8 Å². The number of carbonyl (C=O) groups excluding carboxylic acids is 2. The summed E-state index contributed by atoms with van der Waals surface area (Å²) in [4.78, 5) is 28.7. The maximum absolute atomic E-state index is 13.0. The zero-order chi connectivity index (χ0) is 22.2. The average molecular weight is 432 g/mol. The molecule has 3 fully saturated rings. The fourth-order valence-electron chi connectivity index (χ4n) is 4.85. The minimum Gasteiger partial charge on any atom is -0.394 e. The number of nitrogens with zero attached hydrogens (tertiary/aromatic N) is 2. The quantitative estimate of drug-likeness (QED) is 0.756. The zero-order valence-corrected chi connectivity index (χ0v) is 17.7. The molecule has 2 saturated heterocycles. The summed E-state index contributed by atoms with van der Waals surface area (Å²) < 4.78 is 13.0. The van der Waals surface area contributed by atoms with Gasteiger partial charge in [0.1, 0.15) is 5.82 Å². The lowest BCUT2D eigenvalue weighted by Crippen LogP contribution is -2.73. The van der Waals surface area contributed by atoms with E-state index < -0.39 is 0 Å². The maximum atomic E-state index is 13.0. The van der Waals surface area contributed by atoms with E-state index in [9.17, 15) is 19.1 Å². The molecule has 6 heteroatoms. The van der Waals surface area contributed by atoms with Gasteiger partial charge in [-0.3, -0.25) is 9.59 Å². The van der Waals surface area contributed by atoms with Gasteiger partial charge in [0.05, 0.1) is 25.2 Å². The lowest BCUT2D eigenvalue weighted by atomic mass is 9.73. The Balaban J connectivity index is 1.31. The monoisotopic (exact) mass is 432 g/mol. The van der Waals surface area contributed by atoms with Gasteiger partial charge in [0.15, 0.2) is 0 Å². The van der Waals surface area contributed by atoms with Crippen LogP contribution in [0.4, 0.5) is 4.39 Å². The molecule has 0 radical (unpaired) electrons. The molecule has 3 aliphatic rings. The SMILES string of the molecule is O=C(CC1CC1)N1CC(=O)N2[C@H](CO)[C@H](c3ccc(C#Cc4ccc(F)cc4)cc3)[C@@H]2C1. The molecule has 1 aliphatic carbocycles. The van der Waals surface area contributed by atoms with Gasteiger partial charge >= 0.3 is 0 Å². The number of carbonyl (C=O) groups is 2. The smallest absolute Gasteiger partial charge is 0.242 e. The Labute approximate surface area is 186 Å². The van der Waals surface area contributed by atoms with Crippen molar-refractivity contribution in [2.75, 3.05) is 19.7 Å². The molecule has 2 aromatic carbocycles. The highest BCUT2D eigenvalue weighted by Crippen LogP contribution is 2.43. The molecular weight excluding hydrogens is 407 g/mol. The van der Waals surface area contributed by atoms with Crippen LogP contribution in [0.1, 0.15) is 41.9 Å². The van der Waals surface area contributed by atoms with Crippen LogP contribution in [-0.4, -0.2) is 58.5 Å². The van der Waals surface area contributed by atoms with Crippen molar-refractivity contribution in [1.82, 2.24) is 9.80 Å². The topological polar surface area (TPSA) is 60.9 Å². The second kappa shape index (κ2) is 8.40. The fourth-order valence-corrected chi connectivity index (χ4v) is 4.85. The van der Waals surface area contributed by atoms with Crippen molar-refractivity contribution >= 4 is 11.8 Å². The molecule has 5 rings (SSSR count). The van der Waals surface area contributed by atoms with Crippen molar-refractivity contribution in [3.8, 4) is 11.8 Å². The van der Waals surface area contributed by atoms with Gasteiger partial charge in [-0.2, -0.15) is 0 Å². The number of hydrogen-bond donors (Lipinski definition) is 1. The first kappa shape index (κ1) is 20.7. The van der Waals surface area contributed by atoms with Gasteiger partial charge in [0, 0.05) is 30.0 Å². The summed E-state index contributed by atoms with van der Waals surface area (Å²) >= 11 is 0. The number of piperazine rings is 1. The van der Waals surface area contributed by atoms with Crippen LogP contribution >= 0.6 is 0 Å². The average Bonchev–Trinajstić information content (AvgIpc) is 3.59. The highest BCUT2D eigenvalue weighted by molar-refractivity contribution is 5.88. The van der Waals surface area contributed by atoms with Crippen LogP contribution in [-0.2, 0) is 9.59 Å². The van der Waals surface area contributed by atoms with Crippen molar-refractivity contribution in [3.63, 3.8) is 0 Å². The summed E-state index contributed by atoms with van der Waals surface area (Å²) in [5.74, 6) is 6.27.